The van der Waals surface area contributed by atoms with E-state index < -0.39 is 0 Å². The third-order valence-corrected chi connectivity index (χ3v) is 6.17. The number of benzene rings is 2. The van der Waals surface area contributed by atoms with Gasteiger partial charge in [0, 0.05) is 12.8 Å². The molecule has 0 spiro atoms. The van der Waals surface area contributed by atoms with Gasteiger partial charge in [0.25, 0.3) is 0 Å². The minimum Gasteiger partial charge on any atom is -0.465 e. The molecule has 0 amide bonds. The summed E-state index contributed by atoms with van der Waals surface area (Å²) in [7, 11) is 1.57. The number of likely N-dealkylation sites (tertiary alicyclic amines) is 1. The molecule has 2 aromatic carbocycles. The van der Waals surface area contributed by atoms with Crippen LogP contribution in [-0.4, -0.2) is 73.0 Å². The number of hydrogen-bond donors (Lipinski definition) is 0. The number of ether oxygens (including phenoxy) is 3. The van der Waals surface area contributed by atoms with Crippen LogP contribution in [0.2, 0.25) is 0 Å². The molecule has 1 aliphatic heterocycles. The van der Waals surface area contributed by atoms with Gasteiger partial charge in [0.15, 0.2) is 0 Å². The van der Waals surface area contributed by atoms with Crippen molar-refractivity contribution in [3.8, 4) is 5.69 Å². The molecular formula is C26H31N3O5. The molecule has 0 radical (unpaired) electrons. The molecule has 2 heterocycles. The Bertz CT molecular complexity index is 1130. The summed E-state index contributed by atoms with van der Waals surface area (Å²) in [6, 6.07) is 13.9. The number of piperidine rings is 1. The lowest BCUT2D eigenvalue weighted by molar-refractivity contribution is -0.144. The Hall–Kier alpha value is -3.23. The Morgan fingerprint density at radius 2 is 1.88 bits per heavy atom. The van der Waals surface area contributed by atoms with Crippen molar-refractivity contribution in [1.29, 1.82) is 0 Å². The molecule has 34 heavy (non-hydrogen) atoms. The number of rotatable bonds is 9. The van der Waals surface area contributed by atoms with Crippen molar-refractivity contribution in [2.24, 2.45) is 0 Å². The van der Waals surface area contributed by atoms with Crippen LogP contribution < -0.4 is 0 Å². The summed E-state index contributed by atoms with van der Waals surface area (Å²) in [5.74, 6) is -0.0900. The van der Waals surface area contributed by atoms with Crippen LogP contribution in [0.3, 0.4) is 0 Å². The number of aromatic nitrogens is 2. The Labute approximate surface area is 199 Å². The quantitative estimate of drug-likeness (QED) is 0.353. The first-order chi connectivity index (χ1) is 16.6. The average Bonchev–Trinajstić information content (AvgIpc) is 3.28. The monoisotopic (exact) mass is 465 g/mol. The summed E-state index contributed by atoms with van der Waals surface area (Å²) in [5.41, 5.74) is 4.45. The third kappa shape index (κ3) is 5.63. The van der Waals surface area contributed by atoms with Gasteiger partial charge in [-0.2, -0.15) is 0 Å². The second kappa shape index (κ2) is 11.3. The van der Waals surface area contributed by atoms with Crippen LogP contribution in [0.15, 0.2) is 48.8 Å². The van der Waals surface area contributed by atoms with Crippen LogP contribution in [0, 0.1) is 0 Å². The topological polar surface area (TPSA) is 82.9 Å². The summed E-state index contributed by atoms with van der Waals surface area (Å²) < 4.78 is 17.2. The van der Waals surface area contributed by atoms with Gasteiger partial charge in [-0.3, -0.25) is 14.3 Å². The Morgan fingerprint density at radius 1 is 1.06 bits per heavy atom. The zero-order chi connectivity index (χ0) is 23.9. The van der Waals surface area contributed by atoms with Gasteiger partial charge in [0.2, 0.25) is 0 Å². The van der Waals surface area contributed by atoms with Crippen LogP contribution in [0.25, 0.3) is 16.7 Å². The second-order valence-electron chi connectivity index (χ2n) is 8.40. The average molecular weight is 466 g/mol. The largest absolute Gasteiger partial charge is 0.465 e. The molecule has 1 fully saturated rings. The number of carbonyl (C=O) groups is 2. The molecule has 0 N–H and O–H groups in total. The van der Waals surface area contributed by atoms with Crippen LogP contribution in [-0.2, 0) is 19.0 Å². The molecule has 0 atom stereocenters. The Kier molecular flexibility index (Phi) is 7.92. The van der Waals surface area contributed by atoms with E-state index >= 15 is 0 Å². The standard InChI is InChI=1S/C26H31N3O5/c1-3-33-25(30)17-28-11-9-19(10-12-28)20-5-4-6-22(15-20)29-18-27-23-16-21(7-8-24(23)29)26(31)34-14-13-32-2/h4-8,15-16,18-19H,3,9-14,17H2,1-2H3. The Balaban J connectivity index is 1.45. The molecule has 1 saturated heterocycles. The maximum Gasteiger partial charge on any atom is 0.338 e. The van der Waals surface area contributed by atoms with Crippen molar-refractivity contribution in [2.75, 3.05) is 46.6 Å². The van der Waals surface area contributed by atoms with E-state index in [4.69, 9.17) is 14.2 Å². The second-order valence-corrected chi connectivity index (χ2v) is 8.40. The van der Waals surface area contributed by atoms with Crippen LogP contribution >= 0.6 is 0 Å². The van der Waals surface area contributed by atoms with E-state index in [2.05, 4.69) is 34.1 Å². The highest BCUT2D eigenvalue weighted by Gasteiger charge is 2.23. The van der Waals surface area contributed by atoms with Gasteiger partial charge in [0.1, 0.15) is 12.9 Å². The van der Waals surface area contributed by atoms with Gasteiger partial charge >= 0.3 is 11.9 Å². The van der Waals surface area contributed by atoms with Crippen molar-refractivity contribution in [3.05, 3.63) is 59.9 Å². The summed E-state index contributed by atoms with van der Waals surface area (Å²) in [5, 5.41) is 0. The fourth-order valence-electron chi connectivity index (χ4n) is 4.39. The first-order valence-electron chi connectivity index (χ1n) is 11.7. The molecule has 0 saturated carbocycles. The maximum absolute atomic E-state index is 12.2. The lowest BCUT2D eigenvalue weighted by atomic mass is 9.89. The molecule has 0 unspecified atom stereocenters. The molecule has 1 aliphatic rings. The number of nitrogens with zero attached hydrogens (tertiary/aromatic N) is 3. The van der Waals surface area contributed by atoms with E-state index in [1.54, 1.807) is 25.6 Å². The van der Waals surface area contributed by atoms with Crippen LogP contribution in [0.4, 0.5) is 0 Å². The normalized spacial score (nSPS) is 14.9. The molecule has 180 valence electrons. The highest BCUT2D eigenvalue weighted by molar-refractivity contribution is 5.94. The number of imidazole rings is 1. The minimum atomic E-state index is -0.384. The first-order valence-corrected chi connectivity index (χ1v) is 11.7. The molecular weight excluding hydrogens is 434 g/mol. The highest BCUT2D eigenvalue weighted by atomic mass is 16.6. The van der Waals surface area contributed by atoms with Crippen molar-refractivity contribution in [1.82, 2.24) is 14.5 Å². The van der Waals surface area contributed by atoms with Gasteiger partial charge < -0.3 is 14.2 Å². The fourth-order valence-corrected chi connectivity index (χ4v) is 4.39. The smallest absolute Gasteiger partial charge is 0.338 e. The lowest BCUT2D eigenvalue weighted by Crippen LogP contribution is -2.37. The molecule has 8 heteroatoms. The first kappa shape index (κ1) is 23.9. The predicted octanol–water partition coefficient (Wildman–Crippen LogP) is 3.57. The fraction of sp³-hybridized carbons (Fsp3) is 0.423. The van der Waals surface area contributed by atoms with Crippen molar-refractivity contribution >= 4 is 23.0 Å². The van der Waals surface area contributed by atoms with Crippen molar-refractivity contribution in [2.45, 2.75) is 25.7 Å². The maximum atomic E-state index is 12.2. The molecule has 4 rings (SSSR count). The van der Waals surface area contributed by atoms with Gasteiger partial charge in [-0.15, -0.1) is 0 Å². The molecule has 3 aromatic rings. The number of esters is 2. The van der Waals surface area contributed by atoms with E-state index in [1.807, 2.05) is 17.6 Å². The van der Waals surface area contributed by atoms with Gasteiger partial charge in [-0.05, 0) is 74.7 Å². The van der Waals surface area contributed by atoms with Crippen LogP contribution in [0.1, 0.15) is 41.6 Å². The lowest BCUT2D eigenvalue weighted by Gasteiger charge is -2.31. The summed E-state index contributed by atoms with van der Waals surface area (Å²) in [6.07, 6.45) is 3.79. The number of methoxy groups -OCH3 is 1. The number of fused-ring (bicyclic) bond motifs is 1. The molecule has 0 aliphatic carbocycles. The van der Waals surface area contributed by atoms with Crippen molar-refractivity contribution in [3.63, 3.8) is 0 Å². The number of carbonyl (C=O) groups excluding carboxylic acids is 2. The summed E-state index contributed by atoms with van der Waals surface area (Å²) in [4.78, 5) is 30.7. The van der Waals surface area contributed by atoms with Crippen molar-refractivity contribution < 1.29 is 23.8 Å². The molecule has 1 aromatic heterocycles. The summed E-state index contributed by atoms with van der Waals surface area (Å²) >= 11 is 0. The van der Waals surface area contributed by atoms with E-state index in [-0.39, 0.29) is 18.5 Å². The van der Waals surface area contributed by atoms with E-state index in [0.29, 0.717) is 31.2 Å². The van der Waals surface area contributed by atoms with Crippen LogP contribution in [0.5, 0.6) is 0 Å². The highest BCUT2D eigenvalue weighted by Crippen LogP contribution is 2.30. The van der Waals surface area contributed by atoms with Gasteiger partial charge in [-0.25, -0.2) is 9.78 Å². The van der Waals surface area contributed by atoms with E-state index in [0.717, 1.165) is 42.7 Å². The molecule has 8 nitrogen and oxygen atoms in total. The van der Waals surface area contributed by atoms with Gasteiger partial charge in [-0.1, -0.05) is 12.1 Å². The third-order valence-electron chi connectivity index (χ3n) is 6.17. The Morgan fingerprint density at radius 3 is 2.65 bits per heavy atom. The number of hydrogen-bond acceptors (Lipinski definition) is 7. The van der Waals surface area contributed by atoms with E-state index in [9.17, 15) is 9.59 Å². The molecule has 0 bridgehead atoms. The van der Waals surface area contributed by atoms with E-state index in [1.165, 1.54) is 5.56 Å². The SMILES string of the molecule is CCOC(=O)CN1CCC(c2cccc(-n3cnc4cc(C(=O)OCCOC)ccc43)c2)CC1. The zero-order valence-corrected chi connectivity index (χ0v) is 19.7. The minimum absolute atomic E-state index is 0.152. The zero-order valence-electron chi connectivity index (χ0n) is 19.7. The van der Waals surface area contributed by atoms with Gasteiger partial charge in [0.05, 0.1) is 36.4 Å². The summed E-state index contributed by atoms with van der Waals surface area (Å²) in [6.45, 7) is 4.96. The predicted molar refractivity (Wildman–Crippen MR) is 128 cm³/mol.